The third-order valence-electron chi connectivity index (χ3n) is 6.00. The van der Waals surface area contributed by atoms with E-state index >= 15 is 0 Å². The van der Waals surface area contributed by atoms with E-state index in [9.17, 15) is 9.59 Å². The van der Waals surface area contributed by atoms with Crippen LogP contribution in [0.2, 0.25) is 0 Å². The molecule has 1 amide bonds. The van der Waals surface area contributed by atoms with Gasteiger partial charge < -0.3 is 19.5 Å². The van der Waals surface area contributed by atoms with Crippen LogP contribution in [0.3, 0.4) is 0 Å². The Bertz CT molecular complexity index is 1170. The first-order valence-corrected chi connectivity index (χ1v) is 12.0. The minimum atomic E-state index is -1.09. The largest absolute Gasteiger partial charge is 0.467 e. The smallest absolute Gasteiger partial charge is 0.408 e. The van der Waals surface area contributed by atoms with Crippen LogP contribution in [0.25, 0.3) is 0 Å². The van der Waals surface area contributed by atoms with Gasteiger partial charge in [0.1, 0.15) is 12.2 Å². The standard InChI is InChI=1S/C31H29NO5/c1-35-29(33)28(32-30(34)36-22-24-14-6-2-7-15-24)23-37-31(25-16-8-3-9-17-25,26-18-10-4-11-19-26)27-20-12-5-13-21-27/h2-21,28H,22-23H2,1H3,(H,32,34)/t28-/m0/s1. The number of esters is 1. The minimum absolute atomic E-state index is 0.0728. The Morgan fingerprint density at radius 1 is 0.703 bits per heavy atom. The van der Waals surface area contributed by atoms with Crippen LogP contribution in [0.4, 0.5) is 4.79 Å². The lowest BCUT2D eigenvalue weighted by atomic mass is 9.80. The zero-order valence-corrected chi connectivity index (χ0v) is 20.6. The number of carbonyl (C=O) groups excluding carboxylic acids is 2. The van der Waals surface area contributed by atoms with Gasteiger partial charge in [-0.15, -0.1) is 0 Å². The van der Waals surface area contributed by atoms with Gasteiger partial charge in [0.15, 0.2) is 6.04 Å². The highest BCUT2D eigenvalue weighted by atomic mass is 16.6. The molecule has 0 fully saturated rings. The molecule has 0 bridgehead atoms. The summed E-state index contributed by atoms with van der Waals surface area (Å²) in [5.74, 6) is -0.639. The summed E-state index contributed by atoms with van der Waals surface area (Å²) in [7, 11) is 1.27. The quantitative estimate of drug-likeness (QED) is 0.234. The van der Waals surface area contributed by atoms with Gasteiger partial charge in [-0.05, 0) is 22.3 Å². The van der Waals surface area contributed by atoms with Crippen LogP contribution in [0.15, 0.2) is 121 Å². The SMILES string of the molecule is COC(=O)[C@H](COC(c1ccccc1)(c1ccccc1)c1ccccc1)NC(=O)OCc1ccccc1. The number of carbonyl (C=O) groups is 2. The fraction of sp³-hybridized carbons (Fsp3) is 0.161. The molecule has 0 saturated carbocycles. The lowest BCUT2D eigenvalue weighted by molar-refractivity contribution is -0.146. The molecule has 0 aromatic heterocycles. The van der Waals surface area contributed by atoms with E-state index < -0.39 is 23.7 Å². The van der Waals surface area contributed by atoms with Crippen molar-refractivity contribution in [2.75, 3.05) is 13.7 Å². The molecule has 0 aliphatic carbocycles. The number of alkyl carbamates (subject to hydrolysis) is 1. The van der Waals surface area contributed by atoms with Gasteiger partial charge in [-0.25, -0.2) is 9.59 Å². The molecule has 0 heterocycles. The van der Waals surface area contributed by atoms with Gasteiger partial charge in [0.05, 0.1) is 13.7 Å². The van der Waals surface area contributed by atoms with Gasteiger partial charge >= 0.3 is 12.1 Å². The van der Waals surface area contributed by atoms with Gasteiger partial charge in [-0.3, -0.25) is 0 Å². The number of hydrogen-bond acceptors (Lipinski definition) is 5. The van der Waals surface area contributed by atoms with Crippen molar-refractivity contribution >= 4 is 12.1 Å². The van der Waals surface area contributed by atoms with Crippen molar-refractivity contribution in [3.8, 4) is 0 Å². The summed E-state index contributed by atoms with van der Waals surface area (Å²) in [5.41, 5.74) is 2.42. The molecule has 6 heteroatoms. The number of nitrogens with one attached hydrogen (secondary N) is 1. The molecule has 0 unspecified atom stereocenters. The lowest BCUT2D eigenvalue weighted by Crippen LogP contribution is -2.47. The number of amides is 1. The first-order chi connectivity index (χ1) is 18.1. The third kappa shape index (κ3) is 6.23. The van der Waals surface area contributed by atoms with Crippen molar-refractivity contribution in [1.82, 2.24) is 5.32 Å². The monoisotopic (exact) mass is 495 g/mol. The van der Waals surface area contributed by atoms with Crippen molar-refractivity contribution in [2.24, 2.45) is 0 Å². The average Bonchev–Trinajstić information content (AvgIpc) is 2.97. The molecule has 0 radical (unpaired) electrons. The Morgan fingerprint density at radius 2 is 1.14 bits per heavy atom. The first kappa shape index (κ1) is 25.7. The zero-order valence-electron chi connectivity index (χ0n) is 20.6. The second-order valence-corrected chi connectivity index (χ2v) is 8.37. The normalized spacial score (nSPS) is 11.8. The fourth-order valence-corrected chi connectivity index (χ4v) is 4.19. The van der Waals surface area contributed by atoms with E-state index in [1.807, 2.05) is 121 Å². The minimum Gasteiger partial charge on any atom is -0.467 e. The van der Waals surface area contributed by atoms with Crippen LogP contribution in [-0.4, -0.2) is 31.8 Å². The molecule has 4 rings (SSSR count). The molecular formula is C31H29NO5. The zero-order chi connectivity index (χ0) is 25.9. The number of hydrogen-bond donors (Lipinski definition) is 1. The van der Waals surface area contributed by atoms with E-state index in [0.29, 0.717) is 0 Å². The third-order valence-corrected chi connectivity index (χ3v) is 6.00. The Kier molecular flexibility index (Phi) is 8.68. The summed E-state index contributed by atoms with van der Waals surface area (Å²) in [6.07, 6.45) is -0.743. The van der Waals surface area contributed by atoms with Gasteiger partial charge in [-0.2, -0.15) is 0 Å². The second-order valence-electron chi connectivity index (χ2n) is 8.37. The Labute approximate surface area is 216 Å². The van der Waals surface area contributed by atoms with E-state index in [1.54, 1.807) is 0 Å². The van der Waals surface area contributed by atoms with E-state index in [1.165, 1.54) is 7.11 Å². The Balaban J connectivity index is 1.63. The molecule has 0 saturated heterocycles. The van der Waals surface area contributed by atoms with Gasteiger partial charge in [-0.1, -0.05) is 121 Å². The molecule has 0 aliphatic heterocycles. The summed E-state index contributed by atoms with van der Waals surface area (Å²) in [6.45, 7) is -0.0881. The molecule has 0 spiro atoms. The number of benzene rings is 4. The number of rotatable bonds is 10. The second kappa shape index (κ2) is 12.5. The van der Waals surface area contributed by atoms with Crippen LogP contribution in [-0.2, 0) is 31.2 Å². The molecule has 4 aromatic rings. The van der Waals surface area contributed by atoms with Gasteiger partial charge in [0.25, 0.3) is 0 Å². The van der Waals surface area contributed by atoms with Gasteiger partial charge in [0.2, 0.25) is 0 Å². The van der Waals surface area contributed by atoms with Crippen LogP contribution in [0, 0.1) is 0 Å². The summed E-state index contributed by atoms with van der Waals surface area (Å²) >= 11 is 0. The van der Waals surface area contributed by atoms with Crippen LogP contribution < -0.4 is 5.32 Å². The lowest BCUT2D eigenvalue weighted by Gasteiger charge is -2.36. The fourth-order valence-electron chi connectivity index (χ4n) is 4.19. The van der Waals surface area contributed by atoms with Crippen molar-refractivity contribution in [1.29, 1.82) is 0 Å². The summed E-state index contributed by atoms with van der Waals surface area (Å²) in [6, 6.07) is 37.5. The maximum Gasteiger partial charge on any atom is 0.408 e. The molecule has 37 heavy (non-hydrogen) atoms. The Hall–Kier alpha value is -4.42. The van der Waals surface area contributed by atoms with Crippen LogP contribution >= 0.6 is 0 Å². The molecule has 6 nitrogen and oxygen atoms in total. The predicted octanol–water partition coefficient (Wildman–Crippen LogP) is 5.46. The van der Waals surface area contributed by atoms with E-state index in [2.05, 4.69) is 5.32 Å². The number of ether oxygens (including phenoxy) is 3. The number of methoxy groups -OCH3 is 1. The highest BCUT2D eigenvalue weighted by Gasteiger charge is 2.39. The molecule has 1 N–H and O–H groups in total. The van der Waals surface area contributed by atoms with Crippen molar-refractivity contribution in [3.63, 3.8) is 0 Å². The molecule has 4 aromatic carbocycles. The first-order valence-electron chi connectivity index (χ1n) is 12.0. The molecular weight excluding hydrogens is 466 g/mol. The molecule has 0 aliphatic rings. The average molecular weight is 496 g/mol. The molecule has 1 atom stereocenters. The van der Waals surface area contributed by atoms with Crippen LogP contribution in [0.5, 0.6) is 0 Å². The van der Waals surface area contributed by atoms with Crippen molar-refractivity contribution in [2.45, 2.75) is 18.2 Å². The van der Waals surface area contributed by atoms with Crippen LogP contribution in [0.1, 0.15) is 22.3 Å². The molecule has 188 valence electrons. The van der Waals surface area contributed by atoms with Gasteiger partial charge in [0, 0.05) is 0 Å². The topological polar surface area (TPSA) is 73.9 Å². The summed E-state index contributed by atoms with van der Waals surface area (Å²) in [5, 5.41) is 2.60. The van der Waals surface area contributed by atoms with E-state index in [0.717, 1.165) is 22.3 Å². The van der Waals surface area contributed by atoms with E-state index in [-0.39, 0.29) is 13.2 Å². The maximum absolute atomic E-state index is 12.7. The Morgan fingerprint density at radius 3 is 1.57 bits per heavy atom. The van der Waals surface area contributed by atoms with Crippen molar-refractivity contribution in [3.05, 3.63) is 144 Å². The van der Waals surface area contributed by atoms with Crippen molar-refractivity contribution < 1.29 is 23.8 Å². The summed E-state index contributed by atoms with van der Waals surface area (Å²) in [4.78, 5) is 25.3. The highest BCUT2D eigenvalue weighted by Crippen LogP contribution is 2.40. The predicted molar refractivity (Wildman–Crippen MR) is 141 cm³/mol. The maximum atomic E-state index is 12.7. The van der Waals surface area contributed by atoms with E-state index in [4.69, 9.17) is 14.2 Å². The summed E-state index contributed by atoms with van der Waals surface area (Å²) < 4.78 is 17.0. The highest BCUT2D eigenvalue weighted by molar-refractivity contribution is 5.81.